The molecule has 0 saturated carbocycles. The number of rotatable bonds is 5. The van der Waals surface area contributed by atoms with Gasteiger partial charge in [0.15, 0.2) is 0 Å². The standard InChI is InChI=1S/C12H20O8/c1-6(13)18-11-9(16-4)8(15-3)10(17-5)12(20-11)19-7(2)14/h8-12H,1-5H3. The Bertz CT molecular complexity index is 314. The number of methoxy groups -OCH3 is 3. The summed E-state index contributed by atoms with van der Waals surface area (Å²) in [6.07, 6.45) is -4.16. The van der Waals surface area contributed by atoms with Crippen LogP contribution in [0.4, 0.5) is 0 Å². The second-order valence-corrected chi connectivity index (χ2v) is 4.19. The number of esters is 2. The van der Waals surface area contributed by atoms with Gasteiger partial charge in [0.25, 0.3) is 0 Å². The molecular formula is C12H20O8. The van der Waals surface area contributed by atoms with Crippen molar-refractivity contribution in [3.05, 3.63) is 0 Å². The van der Waals surface area contributed by atoms with Gasteiger partial charge in [-0.1, -0.05) is 0 Å². The molecule has 1 fully saturated rings. The van der Waals surface area contributed by atoms with Crippen molar-refractivity contribution >= 4 is 11.9 Å². The average Bonchev–Trinajstić information content (AvgIpc) is 2.36. The number of ether oxygens (including phenoxy) is 6. The monoisotopic (exact) mass is 292 g/mol. The minimum absolute atomic E-state index is 0.552. The summed E-state index contributed by atoms with van der Waals surface area (Å²) in [4.78, 5) is 22.2. The fourth-order valence-corrected chi connectivity index (χ4v) is 2.06. The highest BCUT2D eigenvalue weighted by atomic mass is 16.8. The van der Waals surface area contributed by atoms with Gasteiger partial charge in [0.1, 0.15) is 18.3 Å². The molecule has 1 aliphatic heterocycles. The Morgan fingerprint density at radius 1 is 0.750 bits per heavy atom. The lowest BCUT2D eigenvalue weighted by atomic mass is 10.0. The van der Waals surface area contributed by atoms with Gasteiger partial charge in [-0.15, -0.1) is 0 Å². The summed E-state index contributed by atoms with van der Waals surface area (Å²) in [6.45, 7) is 2.47. The highest BCUT2D eigenvalue weighted by Gasteiger charge is 2.50. The Morgan fingerprint density at radius 3 is 1.35 bits per heavy atom. The molecule has 0 aromatic heterocycles. The molecular weight excluding hydrogens is 272 g/mol. The average molecular weight is 292 g/mol. The van der Waals surface area contributed by atoms with E-state index in [0.717, 1.165) is 0 Å². The van der Waals surface area contributed by atoms with E-state index in [0.29, 0.717) is 0 Å². The molecule has 1 saturated heterocycles. The van der Waals surface area contributed by atoms with Crippen molar-refractivity contribution in [2.24, 2.45) is 0 Å². The van der Waals surface area contributed by atoms with Crippen LogP contribution in [0.2, 0.25) is 0 Å². The molecule has 0 spiro atoms. The predicted molar refractivity (Wildman–Crippen MR) is 64.6 cm³/mol. The van der Waals surface area contributed by atoms with Gasteiger partial charge < -0.3 is 23.7 Å². The molecule has 4 unspecified atom stereocenters. The molecule has 20 heavy (non-hydrogen) atoms. The van der Waals surface area contributed by atoms with Crippen molar-refractivity contribution in [3.8, 4) is 0 Å². The first kappa shape index (κ1) is 16.8. The molecule has 0 aromatic rings. The Hall–Kier alpha value is -1.22. The predicted octanol–water partition coefficient (Wildman–Crippen LogP) is -0.160. The lowest BCUT2D eigenvalue weighted by molar-refractivity contribution is -0.342. The van der Waals surface area contributed by atoms with Gasteiger partial charge in [0.2, 0.25) is 12.6 Å². The quantitative estimate of drug-likeness (QED) is 0.646. The fraction of sp³-hybridized carbons (Fsp3) is 0.833. The van der Waals surface area contributed by atoms with Crippen LogP contribution in [0.15, 0.2) is 0 Å². The van der Waals surface area contributed by atoms with Crippen molar-refractivity contribution in [2.45, 2.75) is 44.7 Å². The lowest BCUT2D eigenvalue weighted by Crippen LogP contribution is -2.61. The van der Waals surface area contributed by atoms with Crippen molar-refractivity contribution in [1.82, 2.24) is 0 Å². The Morgan fingerprint density at radius 2 is 1.10 bits per heavy atom. The summed E-state index contributed by atoms with van der Waals surface area (Å²) in [5, 5.41) is 0. The molecule has 0 radical (unpaired) electrons. The molecule has 0 amide bonds. The third-order valence-electron chi connectivity index (χ3n) is 2.83. The third-order valence-corrected chi connectivity index (χ3v) is 2.83. The first-order valence-electron chi connectivity index (χ1n) is 6.02. The number of carbonyl (C=O) groups excluding carboxylic acids is 2. The summed E-state index contributed by atoms with van der Waals surface area (Å²) in [6, 6.07) is 0. The summed E-state index contributed by atoms with van der Waals surface area (Å²) < 4.78 is 31.3. The number of carbonyl (C=O) groups is 2. The number of hydrogen-bond acceptors (Lipinski definition) is 8. The minimum Gasteiger partial charge on any atom is -0.433 e. The number of hydrogen-bond donors (Lipinski definition) is 0. The maximum atomic E-state index is 11.1. The second-order valence-electron chi connectivity index (χ2n) is 4.19. The zero-order valence-corrected chi connectivity index (χ0v) is 12.2. The summed E-state index contributed by atoms with van der Waals surface area (Å²) in [5.74, 6) is -1.10. The minimum atomic E-state index is -1.06. The molecule has 0 bridgehead atoms. The third kappa shape index (κ3) is 3.89. The zero-order chi connectivity index (χ0) is 15.3. The summed E-state index contributed by atoms with van der Waals surface area (Å²) >= 11 is 0. The molecule has 8 nitrogen and oxygen atoms in total. The molecule has 0 aromatic carbocycles. The van der Waals surface area contributed by atoms with E-state index in [1.165, 1.54) is 35.2 Å². The van der Waals surface area contributed by atoms with Crippen molar-refractivity contribution in [3.63, 3.8) is 0 Å². The van der Waals surface area contributed by atoms with Crippen LogP contribution in [0.1, 0.15) is 13.8 Å². The van der Waals surface area contributed by atoms with Crippen LogP contribution in [0.3, 0.4) is 0 Å². The van der Waals surface area contributed by atoms with E-state index >= 15 is 0 Å². The van der Waals surface area contributed by atoms with E-state index in [-0.39, 0.29) is 0 Å². The van der Waals surface area contributed by atoms with Crippen LogP contribution in [-0.4, -0.2) is 64.2 Å². The van der Waals surface area contributed by atoms with E-state index < -0.39 is 42.8 Å². The van der Waals surface area contributed by atoms with Gasteiger partial charge in [-0.25, -0.2) is 0 Å². The van der Waals surface area contributed by atoms with E-state index in [9.17, 15) is 9.59 Å². The zero-order valence-electron chi connectivity index (χ0n) is 12.2. The van der Waals surface area contributed by atoms with Crippen molar-refractivity contribution in [1.29, 1.82) is 0 Å². The summed E-state index contributed by atoms with van der Waals surface area (Å²) in [7, 11) is 4.30. The molecule has 1 rings (SSSR count). The molecule has 1 aliphatic rings. The van der Waals surface area contributed by atoms with Gasteiger partial charge >= 0.3 is 11.9 Å². The summed E-state index contributed by atoms with van der Waals surface area (Å²) in [5.41, 5.74) is 0. The molecule has 1 heterocycles. The Kier molecular flexibility index (Phi) is 6.34. The second kappa shape index (κ2) is 7.53. The Balaban J connectivity index is 2.97. The van der Waals surface area contributed by atoms with E-state index in [1.807, 2.05) is 0 Å². The van der Waals surface area contributed by atoms with Crippen LogP contribution in [0.25, 0.3) is 0 Å². The van der Waals surface area contributed by atoms with Crippen LogP contribution in [0, 0.1) is 0 Å². The largest absolute Gasteiger partial charge is 0.433 e. The first-order valence-corrected chi connectivity index (χ1v) is 6.02. The van der Waals surface area contributed by atoms with Crippen molar-refractivity contribution in [2.75, 3.05) is 21.3 Å². The van der Waals surface area contributed by atoms with Gasteiger partial charge in [-0.3, -0.25) is 14.3 Å². The van der Waals surface area contributed by atoms with Crippen LogP contribution in [0.5, 0.6) is 0 Å². The maximum Gasteiger partial charge on any atom is 0.305 e. The van der Waals surface area contributed by atoms with Gasteiger partial charge in [0.05, 0.1) is 0 Å². The smallest absolute Gasteiger partial charge is 0.305 e. The van der Waals surface area contributed by atoms with E-state index in [4.69, 9.17) is 28.4 Å². The molecule has 0 aliphatic carbocycles. The lowest BCUT2D eigenvalue weighted by Gasteiger charge is -2.43. The molecule has 4 atom stereocenters. The first-order chi connectivity index (χ1) is 9.44. The molecule has 8 heteroatoms. The van der Waals surface area contributed by atoms with Crippen LogP contribution in [-0.2, 0) is 38.0 Å². The highest BCUT2D eigenvalue weighted by Crippen LogP contribution is 2.28. The fourth-order valence-electron chi connectivity index (χ4n) is 2.06. The van der Waals surface area contributed by atoms with Gasteiger partial charge in [-0.2, -0.15) is 0 Å². The SMILES string of the molecule is COC1C(OC(C)=O)OC(OC(C)=O)C(OC)C1OC. The van der Waals surface area contributed by atoms with E-state index in [1.54, 1.807) is 0 Å². The van der Waals surface area contributed by atoms with Crippen LogP contribution >= 0.6 is 0 Å². The topological polar surface area (TPSA) is 89.5 Å². The normalized spacial score (nSPS) is 33.5. The maximum absolute atomic E-state index is 11.1. The van der Waals surface area contributed by atoms with E-state index in [2.05, 4.69) is 0 Å². The van der Waals surface area contributed by atoms with Gasteiger partial charge in [0, 0.05) is 35.2 Å². The molecule has 0 N–H and O–H groups in total. The van der Waals surface area contributed by atoms with Gasteiger partial charge in [-0.05, 0) is 0 Å². The van der Waals surface area contributed by atoms with Crippen LogP contribution < -0.4 is 0 Å². The highest BCUT2D eigenvalue weighted by molar-refractivity contribution is 5.66. The van der Waals surface area contributed by atoms with Crippen molar-refractivity contribution < 1.29 is 38.0 Å². The Labute approximate surface area is 117 Å². The molecule has 116 valence electrons.